The van der Waals surface area contributed by atoms with Crippen LogP contribution in [0.4, 0.5) is 30.8 Å². The molecule has 158 valence electrons. The monoisotopic (exact) mass is 416 g/mol. The summed E-state index contributed by atoms with van der Waals surface area (Å²) in [5.74, 6) is -1.91. The summed E-state index contributed by atoms with van der Waals surface area (Å²) in [6.07, 6.45) is -1.89. The molecule has 4 N–H and O–H groups in total. The molecule has 0 bridgehead atoms. The molecule has 0 aromatic carbocycles. The number of alkyl halides is 3. The molecule has 1 atom stereocenters. The Balaban J connectivity index is 0.000000370. The van der Waals surface area contributed by atoms with Gasteiger partial charge in [0.1, 0.15) is 11.6 Å². The first-order valence-electron chi connectivity index (χ1n) is 8.46. The van der Waals surface area contributed by atoms with Crippen LogP contribution in [0.25, 0.3) is 0 Å². The van der Waals surface area contributed by atoms with Gasteiger partial charge in [0.25, 0.3) is 0 Å². The Morgan fingerprint density at radius 3 is 2.55 bits per heavy atom. The second-order valence-electron chi connectivity index (χ2n) is 6.22. The lowest BCUT2D eigenvalue weighted by Gasteiger charge is -2.31. The summed E-state index contributed by atoms with van der Waals surface area (Å²) in [4.78, 5) is 30.9. The molecule has 2 aromatic heterocycles. The minimum Gasteiger partial charge on any atom is -0.481 e. The van der Waals surface area contributed by atoms with Crippen molar-refractivity contribution < 1.29 is 33.0 Å². The highest BCUT2D eigenvalue weighted by atomic mass is 19.4. The van der Waals surface area contributed by atoms with Gasteiger partial charge < -0.3 is 20.4 Å². The molecule has 0 amide bonds. The lowest BCUT2D eigenvalue weighted by Crippen LogP contribution is -2.39. The van der Waals surface area contributed by atoms with E-state index in [1.165, 1.54) is 0 Å². The number of carbonyl (C=O) groups is 2. The van der Waals surface area contributed by atoms with Crippen LogP contribution in [0, 0.1) is 12.8 Å². The maximum absolute atomic E-state index is 11.2. The number of aryl methyl sites for hydroxylation is 1. The standard InChI is InChI=1S/C14H18N6O2.C2HF3O2/c1-9-7-12(17-11-4-5-15-19-11)18-14(16-9)20-6-2-3-10(8-20)13(21)22;3-2(4,5)1(6)7/h4-5,7,10H,2-3,6,8H2,1H3,(H,21,22)(H2,15,16,17,18,19);(H,6,7)/t10-;/m0./s1. The Bertz CT molecular complexity index is 844. The van der Waals surface area contributed by atoms with E-state index in [-0.39, 0.29) is 5.92 Å². The normalized spacial score (nSPS) is 16.6. The van der Waals surface area contributed by atoms with Crippen LogP contribution in [0.5, 0.6) is 0 Å². The highest BCUT2D eigenvalue weighted by Crippen LogP contribution is 2.23. The summed E-state index contributed by atoms with van der Waals surface area (Å²) in [5.41, 5.74) is 0.824. The van der Waals surface area contributed by atoms with Crippen LogP contribution >= 0.6 is 0 Å². The minimum atomic E-state index is -5.08. The Hall–Kier alpha value is -3.38. The van der Waals surface area contributed by atoms with Crippen molar-refractivity contribution in [3.05, 3.63) is 24.0 Å². The third-order valence-electron chi connectivity index (χ3n) is 3.90. The van der Waals surface area contributed by atoms with Crippen molar-refractivity contribution in [3.63, 3.8) is 0 Å². The van der Waals surface area contributed by atoms with Gasteiger partial charge in [0.05, 0.1) is 12.1 Å². The Labute approximate surface area is 162 Å². The van der Waals surface area contributed by atoms with Crippen molar-refractivity contribution in [2.75, 3.05) is 23.3 Å². The molecular formula is C16H19F3N6O4. The first-order chi connectivity index (χ1) is 13.6. The number of hydrogen-bond donors (Lipinski definition) is 4. The molecule has 1 aliphatic heterocycles. The molecule has 1 saturated heterocycles. The number of halogens is 3. The van der Waals surface area contributed by atoms with Gasteiger partial charge in [0, 0.05) is 30.9 Å². The van der Waals surface area contributed by atoms with E-state index in [0.717, 1.165) is 24.5 Å². The zero-order valence-electron chi connectivity index (χ0n) is 15.3. The van der Waals surface area contributed by atoms with Gasteiger partial charge in [-0.25, -0.2) is 9.78 Å². The van der Waals surface area contributed by atoms with Crippen LogP contribution in [0.15, 0.2) is 18.3 Å². The molecule has 29 heavy (non-hydrogen) atoms. The number of H-pyrrole nitrogens is 1. The van der Waals surface area contributed by atoms with E-state index in [2.05, 4.69) is 25.5 Å². The molecule has 1 aliphatic rings. The Kier molecular flexibility index (Phi) is 6.96. The number of aromatic amines is 1. The molecule has 0 saturated carbocycles. The molecule has 10 nitrogen and oxygen atoms in total. The average molecular weight is 416 g/mol. The molecule has 3 heterocycles. The van der Waals surface area contributed by atoms with E-state index in [1.807, 2.05) is 17.9 Å². The van der Waals surface area contributed by atoms with E-state index >= 15 is 0 Å². The third kappa shape index (κ3) is 6.62. The Morgan fingerprint density at radius 2 is 2.00 bits per heavy atom. The van der Waals surface area contributed by atoms with E-state index < -0.39 is 18.1 Å². The first-order valence-corrected chi connectivity index (χ1v) is 8.46. The molecule has 0 radical (unpaired) electrons. The maximum Gasteiger partial charge on any atom is 0.490 e. The van der Waals surface area contributed by atoms with Crippen molar-refractivity contribution in [3.8, 4) is 0 Å². The first kappa shape index (κ1) is 21.9. The molecule has 0 aliphatic carbocycles. The second kappa shape index (κ2) is 9.21. The zero-order valence-corrected chi connectivity index (χ0v) is 15.3. The predicted molar refractivity (Wildman–Crippen MR) is 94.9 cm³/mol. The number of anilines is 3. The smallest absolute Gasteiger partial charge is 0.481 e. The van der Waals surface area contributed by atoms with Crippen LogP contribution in [-0.2, 0) is 9.59 Å². The fourth-order valence-corrected chi connectivity index (χ4v) is 2.58. The number of carboxylic acid groups (broad SMARTS) is 2. The molecule has 0 spiro atoms. The van der Waals surface area contributed by atoms with E-state index in [0.29, 0.717) is 24.7 Å². The SMILES string of the molecule is Cc1cc(Nc2ccn[nH]2)nc(N2CCC[C@H](C(=O)O)C2)n1.O=C(O)C(F)(F)F. The van der Waals surface area contributed by atoms with Crippen LogP contribution in [0.2, 0.25) is 0 Å². The number of aromatic nitrogens is 4. The summed E-state index contributed by atoms with van der Waals surface area (Å²) in [6.45, 7) is 3.11. The lowest BCUT2D eigenvalue weighted by atomic mass is 9.99. The number of rotatable bonds is 4. The number of nitrogens with one attached hydrogen (secondary N) is 2. The fourth-order valence-electron chi connectivity index (χ4n) is 2.58. The topological polar surface area (TPSA) is 144 Å². The van der Waals surface area contributed by atoms with Crippen molar-refractivity contribution >= 4 is 29.5 Å². The quantitative estimate of drug-likeness (QED) is 0.589. The summed E-state index contributed by atoms with van der Waals surface area (Å²) in [7, 11) is 0. The minimum absolute atomic E-state index is 0.359. The van der Waals surface area contributed by atoms with E-state index in [9.17, 15) is 23.1 Å². The molecular weight excluding hydrogens is 397 g/mol. The third-order valence-corrected chi connectivity index (χ3v) is 3.90. The van der Waals surface area contributed by atoms with Crippen LogP contribution in [0.3, 0.4) is 0 Å². The molecule has 3 rings (SSSR count). The largest absolute Gasteiger partial charge is 0.490 e. The van der Waals surface area contributed by atoms with Crippen molar-refractivity contribution in [2.24, 2.45) is 5.92 Å². The van der Waals surface area contributed by atoms with Gasteiger partial charge in [0.2, 0.25) is 5.95 Å². The van der Waals surface area contributed by atoms with Gasteiger partial charge in [-0.2, -0.15) is 23.3 Å². The zero-order chi connectivity index (χ0) is 21.6. The summed E-state index contributed by atoms with van der Waals surface area (Å²) >= 11 is 0. The number of carboxylic acids is 2. The van der Waals surface area contributed by atoms with Gasteiger partial charge in [-0.05, 0) is 19.8 Å². The van der Waals surface area contributed by atoms with Crippen LogP contribution in [0.1, 0.15) is 18.5 Å². The van der Waals surface area contributed by atoms with Gasteiger partial charge in [0.15, 0.2) is 0 Å². The average Bonchev–Trinajstić information content (AvgIpc) is 3.14. The number of piperidine rings is 1. The van der Waals surface area contributed by atoms with E-state index in [1.54, 1.807) is 12.3 Å². The summed E-state index contributed by atoms with van der Waals surface area (Å²) in [5, 5.41) is 26.1. The van der Waals surface area contributed by atoms with Crippen LogP contribution in [-0.4, -0.2) is 61.6 Å². The fraction of sp³-hybridized carbons (Fsp3) is 0.438. The summed E-state index contributed by atoms with van der Waals surface area (Å²) in [6, 6.07) is 3.64. The number of hydrogen-bond acceptors (Lipinski definition) is 7. The second-order valence-corrected chi connectivity index (χ2v) is 6.22. The lowest BCUT2D eigenvalue weighted by molar-refractivity contribution is -0.192. The van der Waals surface area contributed by atoms with Gasteiger partial charge in [-0.3, -0.25) is 9.89 Å². The van der Waals surface area contributed by atoms with Crippen LogP contribution < -0.4 is 10.2 Å². The molecule has 2 aromatic rings. The van der Waals surface area contributed by atoms with Crippen molar-refractivity contribution in [1.29, 1.82) is 0 Å². The molecule has 1 fully saturated rings. The highest BCUT2D eigenvalue weighted by Gasteiger charge is 2.38. The van der Waals surface area contributed by atoms with E-state index in [4.69, 9.17) is 9.90 Å². The van der Waals surface area contributed by atoms with Crippen molar-refractivity contribution in [2.45, 2.75) is 25.9 Å². The molecule has 0 unspecified atom stereocenters. The maximum atomic E-state index is 11.2. The Morgan fingerprint density at radius 1 is 1.31 bits per heavy atom. The number of aliphatic carboxylic acids is 2. The van der Waals surface area contributed by atoms with Gasteiger partial charge in [-0.15, -0.1) is 0 Å². The van der Waals surface area contributed by atoms with Gasteiger partial charge >= 0.3 is 18.1 Å². The predicted octanol–water partition coefficient (Wildman–Crippen LogP) is 2.19. The molecule has 13 heteroatoms. The number of nitrogens with zero attached hydrogens (tertiary/aromatic N) is 4. The summed E-state index contributed by atoms with van der Waals surface area (Å²) < 4.78 is 31.7. The highest BCUT2D eigenvalue weighted by molar-refractivity contribution is 5.73. The van der Waals surface area contributed by atoms with Gasteiger partial charge in [-0.1, -0.05) is 0 Å². The van der Waals surface area contributed by atoms with Crippen molar-refractivity contribution in [1.82, 2.24) is 20.2 Å².